The second-order valence-electron chi connectivity index (χ2n) is 5.97. The lowest BCUT2D eigenvalue weighted by Gasteiger charge is -2.24. The van der Waals surface area contributed by atoms with Crippen LogP contribution >= 0.6 is 0 Å². The number of fused-ring (bicyclic) bond motifs is 1. The van der Waals surface area contributed by atoms with Gasteiger partial charge in [-0.1, -0.05) is 30.3 Å². The normalized spacial score (nSPS) is 34.4. The molecule has 2 heterocycles. The zero-order valence-corrected chi connectivity index (χ0v) is 11.2. The van der Waals surface area contributed by atoms with Crippen LogP contribution in [0, 0.1) is 10.8 Å². The lowest BCUT2D eigenvalue weighted by atomic mass is 9.70. The third kappa shape index (κ3) is 1.63. The number of cyclic esters (lactones) is 2. The highest BCUT2D eigenvalue weighted by molar-refractivity contribution is 6.02. The van der Waals surface area contributed by atoms with Gasteiger partial charge in [-0.25, -0.2) is 0 Å². The van der Waals surface area contributed by atoms with Crippen LogP contribution in [0.5, 0.6) is 0 Å². The molecule has 0 saturated carbocycles. The second-order valence-corrected chi connectivity index (χ2v) is 5.97. The maximum atomic E-state index is 11.9. The van der Waals surface area contributed by atoms with Crippen LogP contribution in [0.1, 0.15) is 19.4 Å². The van der Waals surface area contributed by atoms with E-state index in [4.69, 9.17) is 4.74 Å². The number of carbonyl (C=O) groups excluding carboxylic acids is 2. The first-order valence-corrected chi connectivity index (χ1v) is 6.49. The number of hydrogen-bond donors (Lipinski definition) is 0. The quantitative estimate of drug-likeness (QED) is 0.598. The average molecular weight is 259 g/mol. The number of nitrogens with zero attached hydrogens (tertiary/aromatic N) is 1. The summed E-state index contributed by atoms with van der Waals surface area (Å²) in [5, 5.41) is 0. The van der Waals surface area contributed by atoms with E-state index in [2.05, 4.69) is 17.0 Å². The van der Waals surface area contributed by atoms with E-state index in [0.29, 0.717) is 13.1 Å². The van der Waals surface area contributed by atoms with Crippen LogP contribution in [0.2, 0.25) is 0 Å². The minimum atomic E-state index is -0.709. The van der Waals surface area contributed by atoms with Crippen molar-refractivity contribution in [3.63, 3.8) is 0 Å². The first-order chi connectivity index (χ1) is 8.96. The van der Waals surface area contributed by atoms with E-state index >= 15 is 0 Å². The lowest BCUT2D eigenvalue weighted by molar-refractivity contribution is -0.156. The van der Waals surface area contributed by atoms with Crippen molar-refractivity contribution in [3.8, 4) is 0 Å². The summed E-state index contributed by atoms with van der Waals surface area (Å²) >= 11 is 0. The fourth-order valence-electron chi connectivity index (χ4n) is 3.14. The fourth-order valence-corrected chi connectivity index (χ4v) is 3.14. The van der Waals surface area contributed by atoms with Crippen molar-refractivity contribution in [1.82, 2.24) is 4.90 Å². The Morgan fingerprint density at radius 1 is 1.05 bits per heavy atom. The molecule has 2 fully saturated rings. The maximum absolute atomic E-state index is 11.9. The largest absolute Gasteiger partial charge is 0.392 e. The Balaban J connectivity index is 1.84. The summed E-state index contributed by atoms with van der Waals surface area (Å²) in [7, 11) is 0. The van der Waals surface area contributed by atoms with Gasteiger partial charge in [-0.3, -0.25) is 14.5 Å². The van der Waals surface area contributed by atoms with E-state index in [9.17, 15) is 9.59 Å². The van der Waals surface area contributed by atoms with Crippen molar-refractivity contribution in [2.75, 3.05) is 13.1 Å². The fraction of sp³-hybridized carbons (Fsp3) is 0.467. The Morgan fingerprint density at radius 3 is 2.11 bits per heavy atom. The predicted molar refractivity (Wildman–Crippen MR) is 69.0 cm³/mol. The first kappa shape index (κ1) is 12.4. The minimum absolute atomic E-state index is 0.379. The highest BCUT2D eigenvalue weighted by atomic mass is 16.6. The van der Waals surface area contributed by atoms with Crippen molar-refractivity contribution < 1.29 is 14.3 Å². The first-order valence-electron chi connectivity index (χ1n) is 6.49. The molecule has 0 N–H and O–H groups in total. The number of rotatable bonds is 2. The third-order valence-corrected chi connectivity index (χ3v) is 4.63. The molecule has 2 atom stereocenters. The Kier molecular flexibility index (Phi) is 2.54. The number of esters is 2. The van der Waals surface area contributed by atoms with Gasteiger partial charge in [0.1, 0.15) is 0 Å². The summed E-state index contributed by atoms with van der Waals surface area (Å²) in [5.41, 5.74) is -0.229. The third-order valence-electron chi connectivity index (χ3n) is 4.63. The molecule has 2 aliphatic rings. The molecule has 3 rings (SSSR count). The monoisotopic (exact) mass is 259 g/mol. The van der Waals surface area contributed by atoms with Gasteiger partial charge >= 0.3 is 11.9 Å². The van der Waals surface area contributed by atoms with Gasteiger partial charge < -0.3 is 4.74 Å². The van der Waals surface area contributed by atoms with Crippen molar-refractivity contribution in [3.05, 3.63) is 35.9 Å². The molecule has 19 heavy (non-hydrogen) atoms. The van der Waals surface area contributed by atoms with Crippen LogP contribution in [-0.4, -0.2) is 29.9 Å². The van der Waals surface area contributed by atoms with Gasteiger partial charge in [0, 0.05) is 19.6 Å². The smallest absolute Gasteiger partial charge is 0.321 e. The van der Waals surface area contributed by atoms with Gasteiger partial charge in [-0.15, -0.1) is 0 Å². The molecule has 0 aromatic heterocycles. The number of likely N-dealkylation sites (tertiary alicyclic amines) is 1. The van der Waals surface area contributed by atoms with Crippen LogP contribution in [0.15, 0.2) is 30.3 Å². The summed E-state index contributed by atoms with van der Waals surface area (Å²) in [4.78, 5) is 26.0. The van der Waals surface area contributed by atoms with Crippen molar-refractivity contribution in [1.29, 1.82) is 0 Å². The van der Waals surface area contributed by atoms with Crippen LogP contribution in [-0.2, 0) is 20.9 Å². The van der Waals surface area contributed by atoms with Gasteiger partial charge in [0.2, 0.25) is 0 Å². The van der Waals surface area contributed by atoms with Crippen molar-refractivity contribution >= 4 is 11.9 Å². The molecule has 0 radical (unpaired) electrons. The SMILES string of the molecule is CC12CN(Cc3ccccc3)C[C@]1(C)C(=O)OC2=O. The summed E-state index contributed by atoms with van der Waals surface area (Å²) in [6.45, 7) is 5.58. The summed E-state index contributed by atoms with van der Waals surface area (Å²) in [5.74, 6) is -0.758. The van der Waals surface area contributed by atoms with E-state index in [-0.39, 0.29) is 11.9 Å². The minimum Gasteiger partial charge on any atom is -0.392 e. The van der Waals surface area contributed by atoms with Gasteiger partial charge in [0.15, 0.2) is 0 Å². The zero-order valence-electron chi connectivity index (χ0n) is 11.2. The van der Waals surface area contributed by atoms with Crippen LogP contribution < -0.4 is 0 Å². The molecule has 4 nitrogen and oxygen atoms in total. The average Bonchev–Trinajstić information content (AvgIpc) is 2.71. The van der Waals surface area contributed by atoms with Gasteiger partial charge in [-0.2, -0.15) is 0 Å². The lowest BCUT2D eigenvalue weighted by Crippen LogP contribution is -2.38. The number of carbonyl (C=O) groups is 2. The summed E-state index contributed by atoms with van der Waals surface area (Å²) < 4.78 is 4.83. The molecular formula is C15H17NO3. The number of benzene rings is 1. The molecule has 2 saturated heterocycles. The van der Waals surface area contributed by atoms with E-state index in [0.717, 1.165) is 6.54 Å². The van der Waals surface area contributed by atoms with E-state index in [1.54, 1.807) is 0 Å². The van der Waals surface area contributed by atoms with Crippen molar-refractivity contribution in [2.24, 2.45) is 10.8 Å². The van der Waals surface area contributed by atoms with E-state index < -0.39 is 10.8 Å². The second kappa shape index (κ2) is 3.90. The number of ether oxygens (including phenoxy) is 1. The topological polar surface area (TPSA) is 46.6 Å². The van der Waals surface area contributed by atoms with Gasteiger partial charge in [-0.05, 0) is 19.4 Å². The van der Waals surface area contributed by atoms with Crippen LogP contribution in [0.4, 0.5) is 0 Å². The molecular weight excluding hydrogens is 242 g/mol. The zero-order chi connectivity index (χ0) is 13.7. The van der Waals surface area contributed by atoms with E-state index in [1.807, 2.05) is 32.0 Å². The van der Waals surface area contributed by atoms with E-state index in [1.165, 1.54) is 5.56 Å². The Labute approximate surface area is 112 Å². The van der Waals surface area contributed by atoms with Gasteiger partial charge in [0.05, 0.1) is 10.8 Å². The highest BCUT2D eigenvalue weighted by Gasteiger charge is 2.67. The standard InChI is InChI=1S/C15H17NO3/c1-14-9-16(8-11-6-4-3-5-7-11)10-15(14,2)13(18)19-12(14)17/h3-7H,8-10H2,1-2H3/t14-,15?/m1/s1. The molecule has 1 aromatic rings. The van der Waals surface area contributed by atoms with Crippen LogP contribution in [0.3, 0.4) is 0 Å². The highest BCUT2D eigenvalue weighted by Crippen LogP contribution is 2.52. The predicted octanol–water partition coefficient (Wildman–Crippen LogP) is 1.60. The molecule has 2 aliphatic heterocycles. The molecule has 0 amide bonds. The molecule has 0 bridgehead atoms. The molecule has 0 aliphatic carbocycles. The van der Waals surface area contributed by atoms with Gasteiger partial charge in [0.25, 0.3) is 0 Å². The molecule has 0 spiro atoms. The Hall–Kier alpha value is -1.68. The Bertz CT molecular complexity index is 514. The number of hydrogen-bond acceptors (Lipinski definition) is 4. The summed E-state index contributed by atoms with van der Waals surface area (Å²) in [6.07, 6.45) is 0. The van der Waals surface area contributed by atoms with Crippen molar-refractivity contribution in [2.45, 2.75) is 20.4 Å². The molecule has 100 valence electrons. The maximum Gasteiger partial charge on any atom is 0.321 e. The molecule has 1 unspecified atom stereocenters. The Morgan fingerprint density at radius 2 is 1.58 bits per heavy atom. The van der Waals surface area contributed by atoms with Crippen LogP contribution in [0.25, 0.3) is 0 Å². The summed E-state index contributed by atoms with van der Waals surface area (Å²) in [6, 6.07) is 10.1. The molecule has 4 heteroatoms. The molecule has 1 aromatic carbocycles.